The molecule has 24 heavy (non-hydrogen) atoms. The van der Waals surface area contributed by atoms with Crippen LogP contribution in [-0.2, 0) is 4.79 Å². The zero-order valence-corrected chi connectivity index (χ0v) is 12.7. The van der Waals surface area contributed by atoms with Crippen molar-refractivity contribution in [3.8, 4) is 0 Å². The third kappa shape index (κ3) is 4.50. The molecule has 0 radical (unpaired) electrons. The number of nitrogens with zero attached hydrogens (tertiary/aromatic N) is 2. The average molecular weight is 330 g/mol. The van der Waals surface area contributed by atoms with E-state index in [1.807, 2.05) is 0 Å². The molecule has 2 aromatic rings. The van der Waals surface area contributed by atoms with Crippen molar-refractivity contribution < 1.29 is 18.9 Å². The van der Waals surface area contributed by atoms with Crippen molar-refractivity contribution in [1.29, 1.82) is 0 Å². The molecule has 2 amide bonds. The molecule has 1 aromatic heterocycles. The fourth-order valence-electron chi connectivity index (χ4n) is 1.78. The first-order valence-corrected chi connectivity index (χ1v) is 6.86. The predicted octanol–water partition coefficient (Wildman–Crippen LogP) is 1.38. The van der Waals surface area contributed by atoms with E-state index < -0.39 is 16.7 Å². The van der Waals surface area contributed by atoms with Crippen LogP contribution in [0.5, 0.6) is 0 Å². The highest BCUT2D eigenvalue weighted by Crippen LogP contribution is 2.19. The topological polar surface area (TPSA) is 127 Å². The molecule has 0 saturated carbocycles. The van der Waals surface area contributed by atoms with Crippen LogP contribution in [0.1, 0.15) is 21.7 Å². The van der Waals surface area contributed by atoms with Gasteiger partial charge in [0.15, 0.2) is 0 Å². The summed E-state index contributed by atoms with van der Waals surface area (Å²) in [6, 6.07) is 7.41. The van der Waals surface area contributed by atoms with Gasteiger partial charge in [-0.05, 0) is 25.1 Å². The molecule has 0 aliphatic carbocycles. The second kappa shape index (κ2) is 7.68. The van der Waals surface area contributed by atoms with E-state index in [9.17, 15) is 19.7 Å². The zero-order valence-electron chi connectivity index (χ0n) is 12.7. The second-order valence-electron chi connectivity index (χ2n) is 4.75. The summed E-state index contributed by atoms with van der Waals surface area (Å²) in [5, 5.41) is 16.9. The fraction of sp³-hybridized carbons (Fsp3) is 0.133. The van der Waals surface area contributed by atoms with Gasteiger partial charge in [-0.25, -0.2) is 5.43 Å². The molecule has 9 heteroatoms. The van der Waals surface area contributed by atoms with Gasteiger partial charge in [0.25, 0.3) is 17.5 Å². The van der Waals surface area contributed by atoms with Crippen LogP contribution in [-0.4, -0.2) is 29.5 Å². The van der Waals surface area contributed by atoms with E-state index in [-0.39, 0.29) is 17.8 Å². The van der Waals surface area contributed by atoms with Crippen LogP contribution in [0.4, 0.5) is 5.69 Å². The number of nitro benzene ring substituents is 1. The lowest BCUT2D eigenvalue weighted by molar-refractivity contribution is -0.385. The highest BCUT2D eigenvalue weighted by Gasteiger charge is 2.15. The van der Waals surface area contributed by atoms with Crippen LogP contribution in [0, 0.1) is 17.0 Å². The zero-order chi connectivity index (χ0) is 17.5. The lowest BCUT2D eigenvalue weighted by Gasteiger charge is -2.05. The number of hydrogen-bond donors (Lipinski definition) is 2. The number of rotatable bonds is 6. The molecule has 9 nitrogen and oxygen atoms in total. The van der Waals surface area contributed by atoms with Crippen LogP contribution < -0.4 is 10.7 Å². The van der Waals surface area contributed by atoms with Crippen molar-refractivity contribution in [2.75, 3.05) is 6.54 Å². The highest BCUT2D eigenvalue weighted by molar-refractivity contribution is 5.97. The van der Waals surface area contributed by atoms with Crippen molar-refractivity contribution >= 4 is 23.7 Å². The quantitative estimate of drug-likeness (QED) is 0.470. The first-order chi connectivity index (χ1) is 11.5. The van der Waals surface area contributed by atoms with Crippen LogP contribution in [0.3, 0.4) is 0 Å². The molecule has 0 saturated heterocycles. The number of hydrazone groups is 1. The molecule has 124 valence electrons. The van der Waals surface area contributed by atoms with Gasteiger partial charge in [-0.15, -0.1) is 0 Å². The SMILES string of the molecule is Cc1ccc(C(=O)NCC(=O)N/N=C\c2ccco2)cc1[N+](=O)[O-]. The number of hydrogen-bond acceptors (Lipinski definition) is 6. The lowest BCUT2D eigenvalue weighted by Crippen LogP contribution is -2.34. The van der Waals surface area contributed by atoms with Gasteiger partial charge in [-0.1, -0.05) is 6.07 Å². The Kier molecular flexibility index (Phi) is 5.40. The molecule has 0 bridgehead atoms. The number of furan rings is 1. The fourth-order valence-corrected chi connectivity index (χ4v) is 1.78. The Labute approximate surface area is 136 Å². The number of amides is 2. The molecule has 1 aromatic carbocycles. The van der Waals surface area contributed by atoms with Gasteiger partial charge >= 0.3 is 0 Å². The van der Waals surface area contributed by atoms with E-state index in [0.29, 0.717) is 11.3 Å². The van der Waals surface area contributed by atoms with Crippen LogP contribution in [0.2, 0.25) is 0 Å². The number of carbonyl (C=O) groups excluding carboxylic acids is 2. The summed E-state index contributed by atoms with van der Waals surface area (Å²) in [5.74, 6) is -0.678. The largest absolute Gasteiger partial charge is 0.463 e. The minimum Gasteiger partial charge on any atom is -0.463 e. The number of carbonyl (C=O) groups is 2. The Bertz CT molecular complexity index is 783. The molecule has 0 atom stereocenters. The Morgan fingerprint density at radius 1 is 1.38 bits per heavy atom. The molecule has 1 heterocycles. The number of benzene rings is 1. The number of aryl methyl sites for hydroxylation is 1. The van der Waals surface area contributed by atoms with Gasteiger partial charge < -0.3 is 9.73 Å². The number of nitrogens with one attached hydrogen (secondary N) is 2. The van der Waals surface area contributed by atoms with Crippen molar-refractivity contribution in [3.63, 3.8) is 0 Å². The van der Waals surface area contributed by atoms with E-state index in [2.05, 4.69) is 15.8 Å². The van der Waals surface area contributed by atoms with Gasteiger partial charge in [0.1, 0.15) is 5.76 Å². The summed E-state index contributed by atoms with van der Waals surface area (Å²) in [6.07, 6.45) is 2.77. The predicted molar refractivity (Wildman–Crippen MR) is 84.6 cm³/mol. The smallest absolute Gasteiger partial charge is 0.273 e. The van der Waals surface area contributed by atoms with Gasteiger partial charge in [-0.3, -0.25) is 19.7 Å². The average Bonchev–Trinajstić information content (AvgIpc) is 3.06. The van der Waals surface area contributed by atoms with Gasteiger partial charge in [0.05, 0.1) is 23.9 Å². The third-order valence-corrected chi connectivity index (χ3v) is 3.00. The molecule has 0 unspecified atom stereocenters. The third-order valence-electron chi connectivity index (χ3n) is 3.00. The maximum atomic E-state index is 11.9. The van der Waals surface area contributed by atoms with Crippen molar-refractivity contribution in [1.82, 2.24) is 10.7 Å². The van der Waals surface area contributed by atoms with E-state index in [4.69, 9.17) is 4.42 Å². The van der Waals surface area contributed by atoms with Gasteiger partial charge in [0, 0.05) is 17.2 Å². The Balaban J connectivity index is 1.87. The molecule has 2 N–H and O–H groups in total. The van der Waals surface area contributed by atoms with E-state index in [1.54, 1.807) is 19.1 Å². The minimum absolute atomic E-state index is 0.0965. The normalized spacial score (nSPS) is 10.5. The van der Waals surface area contributed by atoms with E-state index in [1.165, 1.54) is 24.6 Å². The molecule has 2 rings (SSSR count). The molecule has 0 aliphatic rings. The van der Waals surface area contributed by atoms with Crippen LogP contribution in [0.15, 0.2) is 46.1 Å². The Morgan fingerprint density at radius 2 is 2.17 bits per heavy atom. The molecule has 0 aliphatic heterocycles. The summed E-state index contributed by atoms with van der Waals surface area (Å²) < 4.78 is 4.99. The maximum absolute atomic E-state index is 11.9. The van der Waals surface area contributed by atoms with Crippen molar-refractivity contribution in [3.05, 3.63) is 63.6 Å². The van der Waals surface area contributed by atoms with E-state index >= 15 is 0 Å². The molecule has 0 spiro atoms. The minimum atomic E-state index is -0.594. The van der Waals surface area contributed by atoms with Crippen LogP contribution in [0.25, 0.3) is 0 Å². The van der Waals surface area contributed by atoms with E-state index in [0.717, 1.165) is 6.07 Å². The summed E-state index contributed by atoms with van der Waals surface area (Å²) >= 11 is 0. The van der Waals surface area contributed by atoms with Crippen molar-refractivity contribution in [2.24, 2.45) is 5.10 Å². The summed E-state index contributed by atoms with van der Waals surface area (Å²) in [4.78, 5) is 33.8. The summed E-state index contributed by atoms with van der Waals surface area (Å²) in [5.41, 5.74) is 2.60. The first kappa shape index (κ1) is 16.9. The molecular formula is C15H14N4O5. The number of nitro groups is 1. The highest BCUT2D eigenvalue weighted by atomic mass is 16.6. The van der Waals surface area contributed by atoms with Gasteiger partial charge in [-0.2, -0.15) is 5.10 Å². The molecule has 0 fully saturated rings. The Morgan fingerprint density at radius 3 is 2.83 bits per heavy atom. The van der Waals surface area contributed by atoms with Crippen LogP contribution >= 0.6 is 0 Å². The Hall–Kier alpha value is -3.49. The first-order valence-electron chi connectivity index (χ1n) is 6.86. The molecular weight excluding hydrogens is 316 g/mol. The summed E-state index contributed by atoms with van der Waals surface area (Å²) in [7, 11) is 0. The second-order valence-corrected chi connectivity index (χ2v) is 4.75. The maximum Gasteiger partial charge on any atom is 0.273 e. The van der Waals surface area contributed by atoms with Gasteiger partial charge in [0.2, 0.25) is 0 Å². The standard InChI is InChI=1S/C15H14N4O5/c1-10-4-5-11(7-13(10)19(22)23)15(21)16-9-14(20)18-17-8-12-3-2-6-24-12/h2-8H,9H2,1H3,(H,16,21)(H,18,20)/b17-8-. The lowest BCUT2D eigenvalue weighted by atomic mass is 10.1. The monoisotopic (exact) mass is 330 g/mol. The van der Waals surface area contributed by atoms with Crippen molar-refractivity contribution in [2.45, 2.75) is 6.92 Å². The summed E-state index contributed by atoms with van der Waals surface area (Å²) in [6.45, 7) is 1.25.